The summed E-state index contributed by atoms with van der Waals surface area (Å²) in [6, 6.07) is 0.810. The molecule has 0 spiro atoms. The predicted molar refractivity (Wildman–Crippen MR) is 60.4 cm³/mol. The fraction of sp³-hybridized carbons (Fsp3) is 1.00. The largest absolute Gasteiger partial charge is 0.319 e. The van der Waals surface area contributed by atoms with Crippen LogP contribution in [-0.4, -0.2) is 37.6 Å². The smallest absolute Gasteiger partial charge is 0.0121 e. The van der Waals surface area contributed by atoms with Crippen molar-refractivity contribution in [1.29, 1.82) is 0 Å². The van der Waals surface area contributed by atoms with Crippen LogP contribution in [-0.2, 0) is 0 Å². The molecule has 82 valence electrons. The molecule has 2 atom stereocenters. The van der Waals surface area contributed by atoms with Crippen molar-refractivity contribution in [3.63, 3.8) is 0 Å². The van der Waals surface area contributed by atoms with Crippen molar-refractivity contribution in [2.45, 2.75) is 39.2 Å². The van der Waals surface area contributed by atoms with Crippen LogP contribution in [0.25, 0.3) is 0 Å². The van der Waals surface area contributed by atoms with E-state index in [0.717, 1.165) is 12.0 Å². The zero-order valence-corrected chi connectivity index (χ0v) is 9.84. The van der Waals surface area contributed by atoms with E-state index < -0.39 is 0 Å². The summed E-state index contributed by atoms with van der Waals surface area (Å²) in [6.07, 6.45) is 4.28. The van der Waals surface area contributed by atoms with Gasteiger partial charge in [0.1, 0.15) is 0 Å². The van der Waals surface area contributed by atoms with E-state index in [1.165, 1.54) is 38.9 Å². The van der Waals surface area contributed by atoms with Gasteiger partial charge in [-0.3, -0.25) is 4.90 Å². The van der Waals surface area contributed by atoms with E-state index in [-0.39, 0.29) is 0 Å². The average Bonchev–Trinajstić information content (AvgIpc) is 2.76. The molecule has 14 heavy (non-hydrogen) atoms. The molecule has 1 saturated heterocycles. The molecule has 2 rings (SSSR count). The molecule has 2 aliphatic rings. The molecule has 2 unspecified atom stereocenters. The third kappa shape index (κ3) is 1.96. The van der Waals surface area contributed by atoms with Crippen molar-refractivity contribution < 1.29 is 0 Å². The molecule has 0 amide bonds. The van der Waals surface area contributed by atoms with E-state index in [2.05, 4.69) is 31.1 Å². The first-order valence-corrected chi connectivity index (χ1v) is 6.04. The van der Waals surface area contributed by atoms with Gasteiger partial charge in [-0.1, -0.05) is 6.92 Å². The van der Waals surface area contributed by atoms with Gasteiger partial charge in [0.2, 0.25) is 0 Å². The number of rotatable bonds is 4. The molecular formula is C12H24N2. The third-order valence-corrected chi connectivity index (χ3v) is 4.41. The summed E-state index contributed by atoms with van der Waals surface area (Å²) in [6.45, 7) is 8.71. The lowest BCUT2D eigenvalue weighted by Crippen LogP contribution is -2.37. The maximum atomic E-state index is 3.30. The molecular weight excluding hydrogens is 172 g/mol. The van der Waals surface area contributed by atoms with Gasteiger partial charge in [0, 0.05) is 12.6 Å². The van der Waals surface area contributed by atoms with Gasteiger partial charge in [-0.25, -0.2) is 0 Å². The summed E-state index contributed by atoms with van der Waals surface area (Å²) < 4.78 is 0. The highest BCUT2D eigenvalue weighted by atomic mass is 15.2. The predicted octanol–water partition coefficient (Wildman–Crippen LogP) is 1.72. The quantitative estimate of drug-likeness (QED) is 0.736. The molecule has 2 fully saturated rings. The molecule has 1 heterocycles. The van der Waals surface area contributed by atoms with Crippen molar-refractivity contribution >= 4 is 0 Å². The van der Waals surface area contributed by atoms with Gasteiger partial charge in [-0.2, -0.15) is 0 Å². The Morgan fingerprint density at radius 2 is 2.21 bits per heavy atom. The van der Waals surface area contributed by atoms with Gasteiger partial charge in [-0.05, 0) is 57.7 Å². The highest BCUT2D eigenvalue weighted by molar-refractivity contribution is 4.99. The number of nitrogens with one attached hydrogen (secondary N) is 1. The zero-order chi connectivity index (χ0) is 10.2. The molecule has 0 aromatic carbocycles. The minimum absolute atomic E-state index is 0.661. The van der Waals surface area contributed by atoms with Gasteiger partial charge in [0.05, 0.1) is 0 Å². The Morgan fingerprint density at radius 1 is 1.50 bits per heavy atom. The second-order valence-corrected chi connectivity index (χ2v) is 5.54. The first-order chi connectivity index (χ1) is 6.65. The van der Waals surface area contributed by atoms with E-state index >= 15 is 0 Å². The van der Waals surface area contributed by atoms with Crippen LogP contribution in [0, 0.1) is 11.3 Å². The Labute approximate surface area is 88.1 Å². The lowest BCUT2D eigenvalue weighted by atomic mass is 9.99. The molecule has 0 aromatic heterocycles. The van der Waals surface area contributed by atoms with Gasteiger partial charge in [-0.15, -0.1) is 0 Å². The van der Waals surface area contributed by atoms with Gasteiger partial charge >= 0.3 is 0 Å². The van der Waals surface area contributed by atoms with Crippen LogP contribution >= 0.6 is 0 Å². The maximum Gasteiger partial charge on any atom is 0.0121 e. The Hall–Kier alpha value is -0.0800. The summed E-state index contributed by atoms with van der Waals surface area (Å²) in [7, 11) is 2.06. The van der Waals surface area contributed by atoms with Crippen LogP contribution in [0.5, 0.6) is 0 Å². The summed E-state index contributed by atoms with van der Waals surface area (Å²) in [4.78, 5) is 2.70. The summed E-state index contributed by atoms with van der Waals surface area (Å²) >= 11 is 0. The van der Waals surface area contributed by atoms with Crippen LogP contribution in [0.1, 0.15) is 33.1 Å². The van der Waals surface area contributed by atoms with E-state index in [9.17, 15) is 0 Å². The van der Waals surface area contributed by atoms with Crippen LogP contribution < -0.4 is 5.32 Å². The molecule has 0 aromatic rings. The Kier molecular flexibility index (Phi) is 2.85. The number of hydrogen-bond acceptors (Lipinski definition) is 2. The lowest BCUT2D eigenvalue weighted by Gasteiger charge is -2.29. The molecule has 2 heteroatoms. The Balaban J connectivity index is 1.83. The number of hydrogen-bond donors (Lipinski definition) is 1. The molecule has 0 radical (unpaired) electrons. The van der Waals surface area contributed by atoms with E-state index in [4.69, 9.17) is 0 Å². The monoisotopic (exact) mass is 196 g/mol. The van der Waals surface area contributed by atoms with Crippen LogP contribution in [0.3, 0.4) is 0 Å². The molecule has 1 N–H and O–H groups in total. The highest BCUT2D eigenvalue weighted by Crippen LogP contribution is 2.50. The maximum absolute atomic E-state index is 3.30. The highest BCUT2D eigenvalue weighted by Gasteiger charge is 2.45. The second-order valence-electron chi connectivity index (χ2n) is 5.54. The van der Waals surface area contributed by atoms with Crippen molar-refractivity contribution in [1.82, 2.24) is 10.2 Å². The van der Waals surface area contributed by atoms with E-state index in [1.54, 1.807) is 0 Å². The fourth-order valence-electron chi connectivity index (χ4n) is 2.73. The first-order valence-electron chi connectivity index (χ1n) is 6.04. The standard InChI is InChI=1S/C12H24N2/c1-10(12(2)5-6-12)14-7-4-11(9-14)8-13-3/h10-11,13H,4-9H2,1-3H3. The summed E-state index contributed by atoms with van der Waals surface area (Å²) in [5.41, 5.74) is 0.661. The van der Waals surface area contributed by atoms with Crippen molar-refractivity contribution in [2.24, 2.45) is 11.3 Å². The Morgan fingerprint density at radius 3 is 2.79 bits per heavy atom. The minimum Gasteiger partial charge on any atom is -0.319 e. The number of nitrogens with zero attached hydrogens (tertiary/aromatic N) is 1. The normalized spacial score (nSPS) is 33.2. The van der Waals surface area contributed by atoms with Gasteiger partial charge in [0.15, 0.2) is 0 Å². The molecule has 1 saturated carbocycles. The van der Waals surface area contributed by atoms with Crippen molar-refractivity contribution in [3.05, 3.63) is 0 Å². The van der Waals surface area contributed by atoms with Crippen molar-refractivity contribution in [2.75, 3.05) is 26.7 Å². The molecule has 0 bridgehead atoms. The molecule has 1 aliphatic heterocycles. The Bertz CT molecular complexity index is 198. The third-order valence-electron chi connectivity index (χ3n) is 4.41. The SMILES string of the molecule is CNCC1CCN(C(C)C2(C)CC2)C1. The summed E-state index contributed by atoms with van der Waals surface area (Å²) in [5.74, 6) is 0.893. The second kappa shape index (κ2) is 3.82. The fourth-order valence-corrected chi connectivity index (χ4v) is 2.73. The van der Waals surface area contributed by atoms with Crippen LogP contribution in [0.2, 0.25) is 0 Å². The van der Waals surface area contributed by atoms with Gasteiger partial charge < -0.3 is 5.32 Å². The minimum atomic E-state index is 0.661. The van der Waals surface area contributed by atoms with E-state index in [0.29, 0.717) is 5.41 Å². The van der Waals surface area contributed by atoms with E-state index in [1.807, 2.05) is 0 Å². The van der Waals surface area contributed by atoms with Crippen LogP contribution in [0.4, 0.5) is 0 Å². The first kappa shape index (κ1) is 10.4. The average molecular weight is 196 g/mol. The molecule has 2 nitrogen and oxygen atoms in total. The van der Waals surface area contributed by atoms with Crippen LogP contribution in [0.15, 0.2) is 0 Å². The number of likely N-dealkylation sites (tertiary alicyclic amines) is 1. The lowest BCUT2D eigenvalue weighted by molar-refractivity contribution is 0.179. The molecule has 1 aliphatic carbocycles. The zero-order valence-electron chi connectivity index (χ0n) is 9.84. The van der Waals surface area contributed by atoms with Gasteiger partial charge in [0.25, 0.3) is 0 Å². The summed E-state index contributed by atoms with van der Waals surface area (Å²) in [5, 5.41) is 3.30. The van der Waals surface area contributed by atoms with Crippen molar-refractivity contribution in [3.8, 4) is 0 Å². The topological polar surface area (TPSA) is 15.3 Å².